The first-order valence-corrected chi connectivity index (χ1v) is 12.8. The SMILES string of the molecule is O=C(Oc1ccc([N+](=O)[O-])cc1)N1CCN(S(=O)(=O)c2ccc(Oc3ccc(Cl)c(Cl)c3)cc2)CC1. The zero-order valence-electron chi connectivity index (χ0n) is 18.5. The maximum absolute atomic E-state index is 13.1. The molecule has 10 nitrogen and oxygen atoms in total. The molecule has 36 heavy (non-hydrogen) atoms. The molecule has 1 amide bonds. The summed E-state index contributed by atoms with van der Waals surface area (Å²) in [7, 11) is -3.79. The standard InChI is InChI=1S/C23H19Cl2N3O7S/c24-21-10-7-19(15-22(21)25)34-17-5-8-20(9-6-17)36(32,33)27-13-11-26(12-14-27)23(29)35-18-3-1-16(2-4-18)28(30)31/h1-10,15H,11-14H2. The van der Waals surface area contributed by atoms with Crippen LogP contribution in [0, 0.1) is 10.1 Å². The summed E-state index contributed by atoms with van der Waals surface area (Å²) in [5, 5.41) is 11.5. The normalized spacial score (nSPS) is 14.3. The quantitative estimate of drug-likeness (QED) is 0.305. The van der Waals surface area contributed by atoms with E-state index in [0.29, 0.717) is 21.5 Å². The van der Waals surface area contributed by atoms with E-state index in [1.807, 2.05) is 0 Å². The Morgan fingerprint density at radius 3 is 2.00 bits per heavy atom. The fourth-order valence-electron chi connectivity index (χ4n) is 3.42. The molecule has 1 fully saturated rings. The third-order valence-electron chi connectivity index (χ3n) is 5.34. The van der Waals surface area contributed by atoms with Crippen molar-refractivity contribution in [1.29, 1.82) is 0 Å². The smallest absolute Gasteiger partial charge is 0.415 e. The molecule has 0 saturated carbocycles. The van der Waals surface area contributed by atoms with Gasteiger partial charge in [-0.15, -0.1) is 0 Å². The van der Waals surface area contributed by atoms with Crippen LogP contribution in [-0.2, 0) is 10.0 Å². The Kier molecular flexibility index (Phi) is 7.65. The maximum atomic E-state index is 13.1. The molecule has 0 atom stereocenters. The highest BCUT2D eigenvalue weighted by atomic mass is 35.5. The van der Waals surface area contributed by atoms with E-state index in [1.54, 1.807) is 18.2 Å². The molecule has 1 heterocycles. The van der Waals surface area contributed by atoms with Gasteiger partial charge in [-0.25, -0.2) is 13.2 Å². The molecule has 0 aromatic heterocycles. The Morgan fingerprint density at radius 2 is 1.42 bits per heavy atom. The number of carbonyl (C=O) groups excluding carboxylic acids is 1. The lowest BCUT2D eigenvalue weighted by atomic mass is 10.3. The third kappa shape index (κ3) is 5.88. The largest absolute Gasteiger partial charge is 0.457 e. The van der Waals surface area contributed by atoms with Gasteiger partial charge in [-0.05, 0) is 48.5 Å². The summed E-state index contributed by atoms with van der Waals surface area (Å²) in [6.45, 7) is 0.422. The molecular weight excluding hydrogens is 533 g/mol. The van der Waals surface area contributed by atoms with Gasteiger partial charge < -0.3 is 14.4 Å². The van der Waals surface area contributed by atoms with Gasteiger partial charge in [0.25, 0.3) is 5.69 Å². The first-order chi connectivity index (χ1) is 17.1. The predicted molar refractivity (Wildman–Crippen MR) is 132 cm³/mol. The van der Waals surface area contributed by atoms with Crippen LogP contribution in [0.5, 0.6) is 17.2 Å². The van der Waals surface area contributed by atoms with Crippen molar-refractivity contribution in [1.82, 2.24) is 9.21 Å². The van der Waals surface area contributed by atoms with Gasteiger partial charge in [0.1, 0.15) is 17.2 Å². The molecule has 0 aliphatic carbocycles. The van der Waals surface area contributed by atoms with Crippen LogP contribution in [0.1, 0.15) is 0 Å². The topological polar surface area (TPSA) is 119 Å². The molecule has 4 rings (SSSR count). The van der Waals surface area contributed by atoms with Gasteiger partial charge in [0, 0.05) is 44.4 Å². The molecular formula is C23H19Cl2N3O7S. The second-order valence-corrected chi connectivity index (χ2v) is 10.4. The number of nitro groups is 1. The second-order valence-electron chi connectivity index (χ2n) is 7.66. The summed E-state index contributed by atoms with van der Waals surface area (Å²) in [5.74, 6) is 1.03. The number of hydrogen-bond donors (Lipinski definition) is 0. The van der Waals surface area contributed by atoms with E-state index in [9.17, 15) is 23.3 Å². The summed E-state index contributed by atoms with van der Waals surface area (Å²) >= 11 is 11.9. The van der Waals surface area contributed by atoms with Crippen LogP contribution >= 0.6 is 23.2 Å². The summed E-state index contributed by atoms with van der Waals surface area (Å²) in [6.07, 6.45) is -0.662. The minimum atomic E-state index is -3.79. The summed E-state index contributed by atoms with van der Waals surface area (Å²) in [6, 6.07) is 15.9. The molecule has 0 unspecified atom stereocenters. The van der Waals surface area contributed by atoms with Crippen molar-refractivity contribution >= 4 is 45.0 Å². The number of piperazine rings is 1. The lowest BCUT2D eigenvalue weighted by Gasteiger charge is -2.33. The number of rotatable bonds is 6. The minimum absolute atomic E-state index is 0.0826. The first kappa shape index (κ1) is 25.7. The highest BCUT2D eigenvalue weighted by Gasteiger charge is 2.31. The van der Waals surface area contributed by atoms with Crippen molar-refractivity contribution < 1.29 is 27.6 Å². The highest BCUT2D eigenvalue weighted by molar-refractivity contribution is 7.89. The van der Waals surface area contributed by atoms with Gasteiger partial charge in [-0.1, -0.05) is 23.2 Å². The van der Waals surface area contributed by atoms with Gasteiger partial charge in [0.15, 0.2) is 0 Å². The van der Waals surface area contributed by atoms with E-state index in [2.05, 4.69) is 0 Å². The molecule has 0 N–H and O–H groups in total. The lowest BCUT2D eigenvalue weighted by Crippen LogP contribution is -2.51. The van der Waals surface area contributed by atoms with Crippen molar-refractivity contribution in [2.75, 3.05) is 26.2 Å². The number of ether oxygens (including phenoxy) is 2. The number of amides is 1. The summed E-state index contributed by atoms with van der Waals surface area (Å²) in [4.78, 5) is 24.1. The van der Waals surface area contributed by atoms with E-state index in [-0.39, 0.29) is 42.5 Å². The van der Waals surface area contributed by atoms with Crippen molar-refractivity contribution in [2.24, 2.45) is 0 Å². The Labute approximate surface area is 216 Å². The minimum Gasteiger partial charge on any atom is -0.457 e. The van der Waals surface area contributed by atoms with E-state index in [1.165, 1.54) is 57.7 Å². The monoisotopic (exact) mass is 551 g/mol. The maximum Gasteiger partial charge on any atom is 0.415 e. The van der Waals surface area contributed by atoms with Crippen LogP contribution in [-0.4, -0.2) is 54.8 Å². The van der Waals surface area contributed by atoms with Gasteiger partial charge in [-0.3, -0.25) is 10.1 Å². The fourth-order valence-corrected chi connectivity index (χ4v) is 5.13. The molecule has 1 aliphatic heterocycles. The van der Waals surface area contributed by atoms with Crippen molar-refractivity contribution in [2.45, 2.75) is 4.90 Å². The predicted octanol–water partition coefficient (Wildman–Crippen LogP) is 5.20. The number of halogens is 2. The average Bonchev–Trinajstić information content (AvgIpc) is 2.87. The average molecular weight is 552 g/mol. The Balaban J connectivity index is 1.34. The number of hydrogen-bond acceptors (Lipinski definition) is 7. The van der Waals surface area contributed by atoms with Gasteiger partial charge >= 0.3 is 6.09 Å². The molecule has 3 aromatic rings. The Morgan fingerprint density at radius 1 is 0.833 bits per heavy atom. The van der Waals surface area contributed by atoms with E-state index >= 15 is 0 Å². The third-order valence-corrected chi connectivity index (χ3v) is 7.99. The Bertz CT molecular complexity index is 1380. The summed E-state index contributed by atoms with van der Waals surface area (Å²) < 4.78 is 38.3. The number of non-ortho nitro benzene ring substituents is 1. The van der Waals surface area contributed by atoms with Crippen LogP contribution in [0.15, 0.2) is 71.6 Å². The number of sulfonamides is 1. The number of benzene rings is 3. The number of carbonyl (C=O) groups is 1. The number of nitro benzene ring substituents is 1. The molecule has 0 bridgehead atoms. The second kappa shape index (κ2) is 10.7. The van der Waals surface area contributed by atoms with Crippen LogP contribution in [0.25, 0.3) is 0 Å². The van der Waals surface area contributed by atoms with E-state index in [4.69, 9.17) is 32.7 Å². The van der Waals surface area contributed by atoms with Gasteiger partial charge in [-0.2, -0.15) is 4.31 Å². The fraction of sp³-hybridized carbons (Fsp3) is 0.174. The van der Waals surface area contributed by atoms with Crippen LogP contribution < -0.4 is 9.47 Å². The molecule has 13 heteroatoms. The molecule has 3 aromatic carbocycles. The van der Waals surface area contributed by atoms with E-state index < -0.39 is 21.0 Å². The first-order valence-electron chi connectivity index (χ1n) is 10.6. The van der Waals surface area contributed by atoms with Crippen LogP contribution in [0.3, 0.4) is 0 Å². The molecule has 188 valence electrons. The molecule has 1 saturated heterocycles. The zero-order valence-corrected chi connectivity index (χ0v) is 20.9. The number of nitrogens with zero attached hydrogens (tertiary/aromatic N) is 3. The van der Waals surface area contributed by atoms with Crippen molar-refractivity contribution in [3.05, 3.63) is 86.9 Å². The van der Waals surface area contributed by atoms with Crippen LogP contribution in [0.4, 0.5) is 10.5 Å². The Hall–Kier alpha value is -3.38. The highest BCUT2D eigenvalue weighted by Crippen LogP contribution is 2.30. The van der Waals surface area contributed by atoms with Crippen molar-refractivity contribution in [3.8, 4) is 17.2 Å². The summed E-state index contributed by atoms with van der Waals surface area (Å²) in [5.41, 5.74) is -0.123. The van der Waals surface area contributed by atoms with Crippen LogP contribution in [0.2, 0.25) is 10.0 Å². The van der Waals surface area contributed by atoms with Crippen molar-refractivity contribution in [3.63, 3.8) is 0 Å². The van der Waals surface area contributed by atoms with Gasteiger partial charge in [0.2, 0.25) is 10.0 Å². The molecule has 0 radical (unpaired) electrons. The van der Waals surface area contributed by atoms with E-state index in [0.717, 1.165) is 0 Å². The van der Waals surface area contributed by atoms with Gasteiger partial charge in [0.05, 0.1) is 19.9 Å². The molecule has 1 aliphatic rings. The lowest BCUT2D eigenvalue weighted by molar-refractivity contribution is -0.384. The zero-order chi connectivity index (χ0) is 25.9. The molecule has 0 spiro atoms.